The summed E-state index contributed by atoms with van der Waals surface area (Å²) in [6.45, 7) is -0.545. The lowest BCUT2D eigenvalue weighted by molar-refractivity contribution is -0.128. The van der Waals surface area contributed by atoms with E-state index in [4.69, 9.17) is 5.14 Å². The predicted molar refractivity (Wildman–Crippen MR) is 71.6 cm³/mol. The molecule has 0 radical (unpaired) electrons. The molecule has 2 rings (SSSR count). The summed E-state index contributed by atoms with van der Waals surface area (Å²) in [4.78, 5) is 35.0. The van der Waals surface area contributed by atoms with Gasteiger partial charge in [-0.2, -0.15) is 0 Å². The third-order valence-corrected chi connectivity index (χ3v) is 3.63. The van der Waals surface area contributed by atoms with E-state index in [1.807, 2.05) is 0 Å². The normalized spacial score (nSPS) is 15.0. The van der Waals surface area contributed by atoms with Gasteiger partial charge in [-0.15, -0.1) is 0 Å². The van der Waals surface area contributed by atoms with Crippen molar-refractivity contribution in [2.75, 3.05) is 18.4 Å². The number of sulfonamides is 1. The minimum absolute atomic E-state index is 0.0883. The van der Waals surface area contributed by atoms with Gasteiger partial charge in [0.25, 0.3) is 5.91 Å². The van der Waals surface area contributed by atoms with E-state index in [2.05, 4.69) is 10.6 Å². The van der Waals surface area contributed by atoms with E-state index in [0.29, 0.717) is 5.69 Å². The standard InChI is InChI=1S/C11H12N4O5S/c12-21(19,20)8-3-1-7(2-4-8)14-9(16)6-15-10(17)5-13-11(15)18/h1-4H,5-6H2,(H,13,18)(H,14,16)(H2,12,19,20). The lowest BCUT2D eigenvalue weighted by Crippen LogP contribution is -2.38. The van der Waals surface area contributed by atoms with E-state index in [9.17, 15) is 22.8 Å². The van der Waals surface area contributed by atoms with E-state index in [1.54, 1.807) is 0 Å². The summed E-state index contributed by atoms with van der Waals surface area (Å²) in [6.07, 6.45) is 0. The minimum Gasteiger partial charge on any atom is -0.329 e. The van der Waals surface area contributed by atoms with Crippen molar-refractivity contribution in [3.05, 3.63) is 24.3 Å². The molecule has 0 atom stereocenters. The highest BCUT2D eigenvalue weighted by Gasteiger charge is 2.30. The molecule has 0 bridgehead atoms. The van der Waals surface area contributed by atoms with Crippen LogP contribution in [0.3, 0.4) is 0 Å². The van der Waals surface area contributed by atoms with E-state index in [0.717, 1.165) is 4.90 Å². The molecule has 1 aliphatic rings. The highest BCUT2D eigenvalue weighted by molar-refractivity contribution is 7.89. The Balaban J connectivity index is 2.00. The lowest BCUT2D eigenvalue weighted by Gasteiger charge is -2.12. The molecule has 1 aliphatic heterocycles. The summed E-state index contributed by atoms with van der Waals surface area (Å²) in [5, 5.41) is 9.67. The van der Waals surface area contributed by atoms with Crippen molar-refractivity contribution >= 4 is 33.6 Å². The van der Waals surface area contributed by atoms with E-state index in [1.165, 1.54) is 24.3 Å². The number of anilines is 1. The Morgan fingerprint density at radius 1 is 1.29 bits per heavy atom. The van der Waals surface area contributed by atoms with Crippen LogP contribution in [-0.4, -0.2) is 44.3 Å². The molecule has 9 nitrogen and oxygen atoms in total. The number of nitrogens with one attached hydrogen (secondary N) is 2. The maximum absolute atomic E-state index is 11.7. The quantitative estimate of drug-likeness (QED) is 0.601. The van der Waals surface area contributed by atoms with Gasteiger partial charge in [0.1, 0.15) is 6.54 Å². The molecule has 0 aromatic heterocycles. The molecule has 10 heteroatoms. The van der Waals surface area contributed by atoms with Crippen LogP contribution in [0.15, 0.2) is 29.2 Å². The monoisotopic (exact) mass is 312 g/mol. The number of imide groups is 1. The number of carbonyl (C=O) groups excluding carboxylic acids is 3. The number of hydrogen-bond acceptors (Lipinski definition) is 5. The number of urea groups is 1. The molecule has 21 heavy (non-hydrogen) atoms. The van der Waals surface area contributed by atoms with Crippen molar-refractivity contribution in [1.29, 1.82) is 0 Å². The Bertz CT molecular complexity index is 682. The van der Waals surface area contributed by atoms with Gasteiger partial charge in [0.05, 0.1) is 11.4 Å². The maximum Gasteiger partial charge on any atom is 0.325 e. The van der Waals surface area contributed by atoms with Gasteiger partial charge in [-0.05, 0) is 24.3 Å². The molecule has 0 spiro atoms. The topological polar surface area (TPSA) is 139 Å². The van der Waals surface area contributed by atoms with Crippen LogP contribution in [0.2, 0.25) is 0 Å². The first-order chi connectivity index (χ1) is 9.77. The number of hydrogen-bond donors (Lipinski definition) is 3. The Hall–Kier alpha value is -2.46. The second-order valence-corrected chi connectivity index (χ2v) is 5.82. The Labute approximate surface area is 120 Å². The number of carbonyl (C=O) groups is 3. The highest BCUT2D eigenvalue weighted by Crippen LogP contribution is 2.12. The van der Waals surface area contributed by atoms with Crippen molar-refractivity contribution in [2.45, 2.75) is 4.90 Å². The summed E-state index contributed by atoms with van der Waals surface area (Å²) >= 11 is 0. The molecular formula is C11H12N4O5S. The molecule has 1 saturated heterocycles. The van der Waals surface area contributed by atoms with Crippen LogP contribution in [0.5, 0.6) is 0 Å². The molecule has 1 fully saturated rings. The summed E-state index contributed by atoms with van der Waals surface area (Å²) in [7, 11) is -3.80. The third kappa shape index (κ3) is 3.55. The summed E-state index contributed by atoms with van der Waals surface area (Å²) in [5.74, 6) is -1.07. The molecule has 0 saturated carbocycles. The number of amides is 4. The van der Waals surface area contributed by atoms with Crippen LogP contribution in [0.25, 0.3) is 0 Å². The Morgan fingerprint density at radius 3 is 2.38 bits per heavy atom. The minimum atomic E-state index is -3.80. The number of primary sulfonamides is 1. The van der Waals surface area contributed by atoms with Gasteiger partial charge >= 0.3 is 6.03 Å². The lowest BCUT2D eigenvalue weighted by atomic mass is 10.3. The first kappa shape index (κ1) is 14.9. The highest BCUT2D eigenvalue weighted by atomic mass is 32.2. The fourth-order valence-corrected chi connectivity index (χ4v) is 2.20. The van der Waals surface area contributed by atoms with Gasteiger partial charge in [0.15, 0.2) is 0 Å². The average Bonchev–Trinajstić information content (AvgIpc) is 2.70. The largest absolute Gasteiger partial charge is 0.329 e. The summed E-state index contributed by atoms with van der Waals surface area (Å²) < 4.78 is 22.1. The molecule has 0 aliphatic carbocycles. The van der Waals surface area contributed by atoms with Crippen LogP contribution >= 0.6 is 0 Å². The van der Waals surface area contributed by atoms with Crippen LogP contribution in [0.1, 0.15) is 0 Å². The molecule has 4 N–H and O–H groups in total. The average molecular weight is 312 g/mol. The zero-order chi connectivity index (χ0) is 15.6. The van der Waals surface area contributed by atoms with Crippen LogP contribution in [0, 0.1) is 0 Å². The number of rotatable bonds is 4. The van der Waals surface area contributed by atoms with Gasteiger partial charge < -0.3 is 10.6 Å². The first-order valence-corrected chi connectivity index (χ1v) is 7.33. The van der Waals surface area contributed by atoms with Crippen molar-refractivity contribution < 1.29 is 22.8 Å². The molecule has 1 aromatic rings. The Morgan fingerprint density at radius 2 is 1.90 bits per heavy atom. The predicted octanol–water partition coefficient (Wildman–Crippen LogP) is -1.18. The second kappa shape index (κ2) is 5.50. The van der Waals surface area contributed by atoms with Crippen LogP contribution in [-0.2, 0) is 19.6 Å². The number of nitrogens with zero attached hydrogens (tertiary/aromatic N) is 1. The molecule has 1 aromatic carbocycles. The second-order valence-electron chi connectivity index (χ2n) is 4.26. The van der Waals surface area contributed by atoms with Crippen molar-refractivity contribution in [3.63, 3.8) is 0 Å². The molecule has 4 amide bonds. The number of benzene rings is 1. The molecule has 112 valence electrons. The van der Waals surface area contributed by atoms with Crippen LogP contribution in [0.4, 0.5) is 10.5 Å². The van der Waals surface area contributed by atoms with E-state index < -0.39 is 34.4 Å². The van der Waals surface area contributed by atoms with E-state index in [-0.39, 0.29) is 11.4 Å². The van der Waals surface area contributed by atoms with Crippen molar-refractivity contribution in [1.82, 2.24) is 10.2 Å². The molecular weight excluding hydrogens is 300 g/mol. The van der Waals surface area contributed by atoms with Gasteiger partial charge in [-0.3, -0.25) is 14.5 Å². The van der Waals surface area contributed by atoms with Gasteiger partial charge in [0.2, 0.25) is 15.9 Å². The first-order valence-electron chi connectivity index (χ1n) is 5.78. The zero-order valence-corrected chi connectivity index (χ0v) is 11.5. The molecule has 1 heterocycles. The fraction of sp³-hybridized carbons (Fsp3) is 0.182. The Kier molecular flexibility index (Phi) is 3.91. The smallest absolute Gasteiger partial charge is 0.325 e. The maximum atomic E-state index is 11.7. The van der Waals surface area contributed by atoms with Gasteiger partial charge in [-0.25, -0.2) is 18.4 Å². The zero-order valence-electron chi connectivity index (χ0n) is 10.7. The SMILES string of the molecule is NS(=O)(=O)c1ccc(NC(=O)CN2C(=O)CNC2=O)cc1. The summed E-state index contributed by atoms with van der Waals surface area (Å²) in [5.41, 5.74) is 0.319. The van der Waals surface area contributed by atoms with Gasteiger partial charge in [-0.1, -0.05) is 0 Å². The third-order valence-electron chi connectivity index (χ3n) is 2.71. The summed E-state index contributed by atoms with van der Waals surface area (Å²) in [6, 6.07) is 4.55. The molecule has 0 unspecified atom stereocenters. The van der Waals surface area contributed by atoms with Crippen molar-refractivity contribution in [3.8, 4) is 0 Å². The van der Waals surface area contributed by atoms with Gasteiger partial charge in [0, 0.05) is 5.69 Å². The fourth-order valence-electron chi connectivity index (χ4n) is 1.69. The van der Waals surface area contributed by atoms with Crippen molar-refractivity contribution in [2.24, 2.45) is 5.14 Å². The van der Waals surface area contributed by atoms with Crippen LogP contribution < -0.4 is 15.8 Å². The number of nitrogens with two attached hydrogens (primary N) is 1. The van der Waals surface area contributed by atoms with E-state index >= 15 is 0 Å².